The van der Waals surface area contributed by atoms with E-state index in [0.29, 0.717) is 6.54 Å². The Bertz CT molecular complexity index is 736. The summed E-state index contributed by atoms with van der Waals surface area (Å²) in [6, 6.07) is 17.1. The van der Waals surface area contributed by atoms with Gasteiger partial charge in [0.25, 0.3) is 0 Å². The molecule has 1 aliphatic rings. The first-order chi connectivity index (χ1) is 12.2. The van der Waals surface area contributed by atoms with Crippen molar-refractivity contribution in [2.24, 2.45) is 0 Å². The fraction of sp³-hybridized carbons (Fsp3) is 0.263. The molecule has 3 amide bonds. The predicted molar refractivity (Wildman–Crippen MR) is 101 cm³/mol. The minimum atomic E-state index is -0.307. The van der Waals surface area contributed by atoms with E-state index in [1.165, 1.54) is 10.5 Å². The van der Waals surface area contributed by atoms with Gasteiger partial charge in [0, 0.05) is 29.3 Å². The highest BCUT2D eigenvalue weighted by Gasteiger charge is 2.21. The number of amides is 3. The van der Waals surface area contributed by atoms with Gasteiger partial charge in [0.15, 0.2) is 0 Å². The van der Waals surface area contributed by atoms with Crippen LogP contribution in [0.2, 0.25) is 0 Å². The van der Waals surface area contributed by atoms with E-state index in [9.17, 15) is 9.59 Å². The van der Waals surface area contributed by atoms with Crippen molar-refractivity contribution in [1.29, 1.82) is 0 Å². The lowest BCUT2D eigenvalue weighted by Crippen LogP contribution is -2.35. The van der Waals surface area contributed by atoms with Crippen LogP contribution in [0.4, 0.5) is 10.5 Å². The number of thioether (sulfide) groups is 1. The number of fused-ring (bicyclic) bond motifs is 1. The van der Waals surface area contributed by atoms with Crippen molar-refractivity contribution in [3.05, 3.63) is 60.2 Å². The van der Waals surface area contributed by atoms with Gasteiger partial charge in [0.1, 0.15) is 0 Å². The SMILES string of the molecule is O=C(CCNC(=O)Nc1ccccc1)N[C@H]1CCSc2ccccc21. The molecule has 0 aromatic heterocycles. The molecule has 0 aliphatic carbocycles. The molecule has 0 unspecified atom stereocenters. The second-order valence-corrected chi connectivity index (χ2v) is 6.93. The molecule has 0 saturated heterocycles. The van der Waals surface area contributed by atoms with E-state index in [4.69, 9.17) is 0 Å². The van der Waals surface area contributed by atoms with Gasteiger partial charge in [0.05, 0.1) is 6.04 Å². The molecule has 5 nitrogen and oxygen atoms in total. The number of para-hydroxylation sites is 1. The standard InChI is InChI=1S/C19H21N3O2S/c23-18(10-12-20-19(24)21-14-6-2-1-3-7-14)22-16-11-13-25-17-9-5-4-8-15(16)17/h1-9,16H,10-13H2,(H,22,23)(H2,20,21,24)/t16-/m0/s1. The monoisotopic (exact) mass is 355 g/mol. The molecule has 0 radical (unpaired) electrons. The van der Waals surface area contributed by atoms with E-state index in [-0.39, 0.29) is 24.4 Å². The summed E-state index contributed by atoms with van der Waals surface area (Å²) in [5.41, 5.74) is 1.91. The van der Waals surface area contributed by atoms with Crippen LogP contribution in [0.1, 0.15) is 24.4 Å². The van der Waals surface area contributed by atoms with Gasteiger partial charge in [-0.2, -0.15) is 0 Å². The molecule has 1 aliphatic heterocycles. The molecule has 0 saturated carbocycles. The van der Waals surface area contributed by atoms with Crippen molar-refractivity contribution < 1.29 is 9.59 Å². The van der Waals surface area contributed by atoms with E-state index in [0.717, 1.165) is 17.9 Å². The largest absolute Gasteiger partial charge is 0.349 e. The minimum absolute atomic E-state index is 0.0493. The number of rotatable bonds is 5. The molecule has 25 heavy (non-hydrogen) atoms. The molecule has 0 bridgehead atoms. The molecule has 1 atom stereocenters. The number of carbonyl (C=O) groups excluding carboxylic acids is 2. The second kappa shape index (κ2) is 8.58. The van der Waals surface area contributed by atoms with Gasteiger partial charge >= 0.3 is 6.03 Å². The van der Waals surface area contributed by atoms with Crippen LogP contribution in [0, 0.1) is 0 Å². The maximum Gasteiger partial charge on any atom is 0.319 e. The van der Waals surface area contributed by atoms with Gasteiger partial charge in [0.2, 0.25) is 5.91 Å². The average Bonchev–Trinajstić information content (AvgIpc) is 2.63. The van der Waals surface area contributed by atoms with Crippen LogP contribution in [0.25, 0.3) is 0 Å². The first-order valence-corrected chi connectivity index (χ1v) is 9.32. The summed E-state index contributed by atoms with van der Waals surface area (Å²) in [6.45, 7) is 0.299. The third-order valence-electron chi connectivity index (χ3n) is 3.96. The Hall–Kier alpha value is -2.47. The van der Waals surface area contributed by atoms with Crippen molar-refractivity contribution >= 4 is 29.4 Å². The van der Waals surface area contributed by atoms with Crippen LogP contribution in [0.5, 0.6) is 0 Å². The van der Waals surface area contributed by atoms with Crippen LogP contribution in [0.3, 0.4) is 0 Å². The number of nitrogens with one attached hydrogen (secondary N) is 3. The van der Waals surface area contributed by atoms with E-state index in [2.05, 4.69) is 28.1 Å². The zero-order valence-electron chi connectivity index (χ0n) is 13.8. The Labute approximate surface area is 151 Å². The lowest BCUT2D eigenvalue weighted by molar-refractivity contribution is -0.121. The summed E-state index contributed by atoms with van der Waals surface area (Å²) >= 11 is 1.83. The smallest absolute Gasteiger partial charge is 0.319 e. The number of anilines is 1. The lowest BCUT2D eigenvalue weighted by Gasteiger charge is -2.25. The fourth-order valence-corrected chi connectivity index (χ4v) is 3.87. The quantitative estimate of drug-likeness (QED) is 0.768. The van der Waals surface area contributed by atoms with Gasteiger partial charge < -0.3 is 16.0 Å². The normalized spacial score (nSPS) is 15.8. The second-order valence-electron chi connectivity index (χ2n) is 5.79. The van der Waals surface area contributed by atoms with Crippen LogP contribution in [0.15, 0.2) is 59.5 Å². The van der Waals surface area contributed by atoms with Crippen LogP contribution in [-0.2, 0) is 4.79 Å². The Balaban J connectivity index is 1.42. The maximum absolute atomic E-state index is 12.2. The molecule has 6 heteroatoms. The number of hydrogen-bond donors (Lipinski definition) is 3. The Morgan fingerprint density at radius 3 is 2.64 bits per heavy atom. The molecule has 1 heterocycles. The molecule has 2 aromatic carbocycles. The van der Waals surface area contributed by atoms with E-state index in [1.54, 1.807) is 0 Å². The average molecular weight is 355 g/mol. The number of hydrogen-bond acceptors (Lipinski definition) is 3. The molecule has 0 fully saturated rings. The zero-order valence-corrected chi connectivity index (χ0v) is 14.6. The fourth-order valence-electron chi connectivity index (χ4n) is 2.74. The summed E-state index contributed by atoms with van der Waals surface area (Å²) in [4.78, 5) is 25.2. The van der Waals surface area contributed by atoms with Crippen LogP contribution in [-0.4, -0.2) is 24.2 Å². The summed E-state index contributed by atoms with van der Waals surface area (Å²) in [5, 5.41) is 8.50. The maximum atomic E-state index is 12.2. The highest BCUT2D eigenvalue weighted by molar-refractivity contribution is 7.99. The first kappa shape index (κ1) is 17.4. The van der Waals surface area contributed by atoms with Gasteiger partial charge in [-0.15, -0.1) is 11.8 Å². The summed E-state index contributed by atoms with van der Waals surface area (Å²) in [5.74, 6) is 0.950. The van der Waals surface area contributed by atoms with Crippen molar-refractivity contribution in [3.63, 3.8) is 0 Å². The molecule has 3 rings (SSSR count). The zero-order chi connectivity index (χ0) is 17.5. The minimum Gasteiger partial charge on any atom is -0.349 e. The molecular formula is C19H21N3O2S. The molecule has 3 N–H and O–H groups in total. The number of benzene rings is 2. The highest BCUT2D eigenvalue weighted by Crippen LogP contribution is 2.35. The number of carbonyl (C=O) groups is 2. The molecule has 130 valence electrons. The number of urea groups is 1. The van der Waals surface area contributed by atoms with E-state index >= 15 is 0 Å². The van der Waals surface area contributed by atoms with Crippen molar-refractivity contribution in [2.75, 3.05) is 17.6 Å². The van der Waals surface area contributed by atoms with Crippen molar-refractivity contribution in [3.8, 4) is 0 Å². The molecule has 0 spiro atoms. The Kier molecular flexibility index (Phi) is 5.95. The summed E-state index contributed by atoms with van der Waals surface area (Å²) in [7, 11) is 0. The van der Waals surface area contributed by atoms with Gasteiger partial charge in [-0.1, -0.05) is 36.4 Å². The van der Waals surface area contributed by atoms with E-state index in [1.807, 2.05) is 54.2 Å². The third-order valence-corrected chi connectivity index (χ3v) is 5.09. The molecular weight excluding hydrogens is 334 g/mol. The van der Waals surface area contributed by atoms with E-state index < -0.39 is 0 Å². The van der Waals surface area contributed by atoms with Gasteiger partial charge in [-0.05, 0) is 30.2 Å². The molecule has 2 aromatic rings. The third kappa shape index (κ3) is 5.00. The summed E-state index contributed by atoms with van der Waals surface area (Å²) < 4.78 is 0. The first-order valence-electron chi connectivity index (χ1n) is 8.33. The van der Waals surface area contributed by atoms with Crippen LogP contribution >= 0.6 is 11.8 Å². The topological polar surface area (TPSA) is 70.2 Å². The van der Waals surface area contributed by atoms with Gasteiger partial charge in [-0.3, -0.25) is 4.79 Å². The van der Waals surface area contributed by atoms with Gasteiger partial charge in [-0.25, -0.2) is 4.79 Å². The van der Waals surface area contributed by atoms with Crippen molar-refractivity contribution in [2.45, 2.75) is 23.8 Å². The Morgan fingerprint density at radius 2 is 1.80 bits per heavy atom. The summed E-state index contributed by atoms with van der Waals surface area (Å²) in [6.07, 6.45) is 1.18. The highest BCUT2D eigenvalue weighted by atomic mass is 32.2. The van der Waals surface area contributed by atoms with Crippen molar-refractivity contribution in [1.82, 2.24) is 10.6 Å². The van der Waals surface area contributed by atoms with Crippen LogP contribution < -0.4 is 16.0 Å². The predicted octanol–water partition coefficient (Wildman–Crippen LogP) is 3.55. The lowest BCUT2D eigenvalue weighted by atomic mass is 10.0. The Morgan fingerprint density at radius 1 is 1.04 bits per heavy atom.